The van der Waals surface area contributed by atoms with Crippen LogP contribution in [0.3, 0.4) is 0 Å². The molecular weight excluding hydrogens is 465 g/mol. The highest BCUT2D eigenvalue weighted by atomic mass is 35.5. The zero-order chi connectivity index (χ0) is 21.7. The van der Waals surface area contributed by atoms with Crippen molar-refractivity contribution in [2.24, 2.45) is 0 Å². The molecule has 5 nitrogen and oxygen atoms in total. The summed E-state index contributed by atoms with van der Waals surface area (Å²) in [7, 11) is 3.19. The summed E-state index contributed by atoms with van der Waals surface area (Å²) in [6.45, 7) is 0.828. The molecule has 0 atom stereocenters. The number of thiocarbonyl (C=S) groups is 1. The fourth-order valence-electron chi connectivity index (χ4n) is 2.64. The summed E-state index contributed by atoms with van der Waals surface area (Å²) in [5.41, 5.74) is 0.722. The molecule has 0 unspecified atom stereocenters. The topological polar surface area (TPSA) is 48.0 Å². The predicted molar refractivity (Wildman–Crippen MR) is 126 cm³/mol. The first-order valence-corrected chi connectivity index (χ1v) is 11.0. The van der Waals surface area contributed by atoms with Gasteiger partial charge in [-0.25, -0.2) is 0 Å². The number of amides is 1. The van der Waals surface area contributed by atoms with Crippen molar-refractivity contribution in [1.29, 1.82) is 0 Å². The van der Waals surface area contributed by atoms with Crippen molar-refractivity contribution in [2.45, 2.75) is 6.42 Å². The zero-order valence-corrected chi connectivity index (χ0v) is 19.5. The number of carbonyl (C=O) groups excluding carboxylic acids is 1. The Bertz CT molecular complexity index is 997. The van der Waals surface area contributed by atoms with E-state index in [0.29, 0.717) is 56.2 Å². The Balaban J connectivity index is 1.62. The van der Waals surface area contributed by atoms with Crippen LogP contribution in [0.1, 0.15) is 12.0 Å². The van der Waals surface area contributed by atoms with E-state index in [1.807, 2.05) is 18.2 Å². The van der Waals surface area contributed by atoms with E-state index in [2.05, 4.69) is 0 Å². The summed E-state index contributed by atoms with van der Waals surface area (Å²) in [6.07, 6.45) is 2.36. The molecule has 3 rings (SSSR count). The number of hydrogen-bond acceptors (Lipinski definition) is 6. The van der Waals surface area contributed by atoms with Crippen LogP contribution in [0.25, 0.3) is 6.08 Å². The van der Waals surface area contributed by atoms with Gasteiger partial charge in [-0.1, -0.05) is 59.3 Å². The smallest absolute Gasteiger partial charge is 0.265 e. The van der Waals surface area contributed by atoms with Crippen LogP contribution >= 0.6 is 47.2 Å². The highest BCUT2D eigenvalue weighted by Gasteiger charge is 2.28. The summed E-state index contributed by atoms with van der Waals surface area (Å²) >= 11 is 18.9. The van der Waals surface area contributed by atoms with Gasteiger partial charge in [0.05, 0.1) is 35.3 Å². The van der Waals surface area contributed by atoms with Gasteiger partial charge in [-0.3, -0.25) is 9.69 Å². The molecule has 158 valence electrons. The lowest BCUT2D eigenvalue weighted by molar-refractivity contribution is -0.121. The number of nitrogens with zero attached hydrogens (tertiary/aromatic N) is 1. The maximum Gasteiger partial charge on any atom is 0.265 e. The first kappa shape index (κ1) is 22.7. The van der Waals surface area contributed by atoms with Crippen molar-refractivity contribution in [1.82, 2.24) is 4.90 Å². The van der Waals surface area contributed by atoms with E-state index in [9.17, 15) is 4.79 Å². The van der Waals surface area contributed by atoms with Gasteiger partial charge in [0, 0.05) is 13.5 Å². The summed E-state index contributed by atoms with van der Waals surface area (Å²) in [5.74, 6) is 1.42. The van der Waals surface area contributed by atoms with Crippen molar-refractivity contribution in [3.05, 3.63) is 56.9 Å². The Labute approximate surface area is 194 Å². The lowest BCUT2D eigenvalue weighted by Gasteiger charge is -2.14. The van der Waals surface area contributed by atoms with Crippen LogP contribution in [0.4, 0.5) is 0 Å². The van der Waals surface area contributed by atoms with Gasteiger partial charge in [-0.05, 0) is 35.9 Å². The molecule has 1 aliphatic heterocycles. The molecular formula is C21H19Cl2NO4S2. The number of ether oxygens (including phenoxy) is 3. The molecule has 1 aliphatic rings. The van der Waals surface area contributed by atoms with Crippen LogP contribution in [0.2, 0.25) is 10.0 Å². The van der Waals surface area contributed by atoms with Crippen LogP contribution in [-0.2, 0) is 4.79 Å². The molecule has 0 bridgehead atoms. The van der Waals surface area contributed by atoms with E-state index in [1.165, 1.54) is 23.8 Å². The van der Waals surface area contributed by atoms with Crippen LogP contribution in [0.5, 0.6) is 17.2 Å². The van der Waals surface area contributed by atoms with Crippen LogP contribution in [0, 0.1) is 0 Å². The zero-order valence-electron chi connectivity index (χ0n) is 16.3. The van der Waals surface area contributed by atoms with Crippen LogP contribution in [0.15, 0.2) is 41.3 Å². The minimum absolute atomic E-state index is 0.140. The molecule has 30 heavy (non-hydrogen) atoms. The molecule has 0 radical (unpaired) electrons. The maximum atomic E-state index is 12.2. The average molecular weight is 484 g/mol. The first-order chi connectivity index (χ1) is 14.4. The van der Waals surface area contributed by atoms with Gasteiger partial charge in [0.15, 0.2) is 11.5 Å². The molecule has 9 heteroatoms. The molecule has 0 spiro atoms. The molecule has 1 amide bonds. The number of carbonyl (C=O) groups is 1. The largest absolute Gasteiger partial charge is 0.493 e. The minimum Gasteiger partial charge on any atom is -0.493 e. The van der Waals surface area contributed by atoms with Gasteiger partial charge >= 0.3 is 0 Å². The van der Waals surface area contributed by atoms with Crippen molar-refractivity contribution >= 4 is 63.5 Å². The second-order valence-electron chi connectivity index (χ2n) is 6.26. The Kier molecular flexibility index (Phi) is 7.88. The monoisotopic (exact) mass is 483 g/mol. The van der Waals surface area contributed by atoms with E-state index >= 15 is 0 Å². The van der Waals surface area contributed by atoms with E-state index in [-0.39, 0.29) is 5.91 Å². The average Bonchev–Trinajstić information content (AvgIpc) is 2.96. The highest BCUT2D eigenvalue weighted by Crippen LogP contribution is 2.38. The molecule has 1 heterocycles. The number of hydrogen-bond donors (Lipinski definition) is 0. The Hall–Kier alpha value is -1.93. The third kappa shape index (κ3) is 5.40. The van der Waals surface area contributed by atoms with E-state index in [4.69, 9.17) is 49.6 Å². The van der Waals surface area contributed by atoms with E-state index in [1.54, 1.807) is 31.3 Å². The second kappa shape index (κ2) is 10.4. The van der Waals surface area contributed by atoms with Gasteiger partial charge < -0.3 is 14.2 Å². The Morgan fingerprint density at radius 1 is 1.10 bits per heavy atom. The quantitative estimate of drug-likeness (QED) is 0.273. The van der Waals surface area contributed by atoms with Crippen molar-refractivity contribution in [3.63, 3.8) is 0 Å². The van der Waals surface area contributed by atoms with Crippen LogP contribution < -0.4 is 14.2 Å². The summed E-state index contributed by atoms with van der Waals surface area (Å²) in [6, 6.07) is 10.8. The standard InChI is InChI=1S/C21H19Cl2NO4S2/c1-24-20(25)18(30-21(24)29)12-13-10-15(23)19(17(11-13)26-2)28-9-5-8-27-16-7-4-3-6-14(16)22/h3-4,6-7,10-12H,5,8-9H2,1-2H3/b18-12-. The van der Waals surface area contributed by atoms with Gasteiger partial charge in [0.25, 0.3) is 5.91 Å². The van der Waals surface area contributed by atoms with Crippen molar-refractivity contribution in [3.8, 4) is 17.2 Å². The number of methoxy groups -OCH3 is 1. The lowest BCUT2D eigenvalue weighted by Crippen LogP contribution is -2.22. The lowest BCUT2D eigenvalue weighted by atomic mass is 10.2. The number of halogens is 2. The molecule has 0 N–H and O–H groups in total. The Morgan fingerprint density at radius 3 is 2.50 bits per heavy atom. The number of benzene rings is 2. The Morgan fingerprint density at radius 2 is 1.83 bits per heavy atom. The molecule has 0 aromatic heterocycles. The SMILES string of the molecule is COc1cc(/C=C2\SC(=S)N(C)C2=O)cc(Cl)c1OCCCOc1ccccc1Cl. The summed E-state index contributed by atoms with van der Waals surface area (Å²) in [4.78, 5) is 14.2. The van der Waals surface area contributed by atoms with Gasteiger partial charge in [-0.2, -0.15) is 0 Å². The summed E-state index contributed by atoms with van der Waals surface area (Å²) in [5, 5.41) is 0.957. The molecule has 2 aromatic rings. The normalized spacial score (nSPS) is 15.1. The van der Waals surface area contributed by atoms with Gasteiger partial charge in [-0.15, -0.1) is 0 Å². The number of para-hydroxylation sites is 1. The van der Waals surface area contributed by atoms with E-state index < -0.39 is 0 Å². The molecule has 1 fully saturated rings. The number of likely N-dealkylation sites (N-methyl/N-ethyl adjacent to an activating group) is 1. The number of thioether (sulfide) groups is 1. The second-order valence-corrected chi connectivity index (χ2v) is 8.75. The molecule has 0 saturated carbocycles. The van der Waals surface area contributed by atoms with Crippen molar-refractivity contribution < 1.29 is 19.0 Å². The van der Waals surface area contributed by atoms with Gasteiger partial charge in [0.1, 0.15) is 10.1 Å². The first-order valence-electron chi connectivity index (χ1n) is 9.00. The third-order valence-electron chi connectivity index (χ3n) is 4.17. The maximum absolute atomic E-state index is 12.2. The van der Waals surface area contributed by atoms with Gasteiger partial charge in [0.2, 0.25) is 0 Å². The highest BCUT2D eigenvalue weighted by molar-refractivity contribution is 8.26. The fourth-order valence-corrected chi connectivity index (χ4v) is 4.28. The molecule has 0 aliphatic carbocycles. The molecule has 2 aromatic carbocycles. The predicted octanol–water partition coefficient (Wildman–Crippen LogP) is 5.68. The number of rotatable bonds is 8. The van der Waals surface area contributed by atoms with Crippen LogP contribution in [-0.4, -0.2) is 42.5 Å². The van der Waals surface area contributed by atoms with E-state index in [0.717, 1.165) is 5.56 Å². The minimum atomic E-state index is -0.140. The molecule has 1 saturated heterocycles. The van der Waals surface area contributed by atoms with Crippen molar-refractivity contribution in [2.75, 3.05) is 27.4 Å². The third-order valence-corrected chi connectivity index (χ3v) is 6.24. The fraction of sp³-hybridized carbons (Fsp3) is 0.238. The summed E-state index contributed by atoms with van der Waals surface area (Å²) < 4.78 is 17.4.